The zero-order valence-corrected chi connectivity index (χ0v) is 19.9. The summed E-state index contributed by atoms with van der Waals surface area (Å²) in [5.74, 6) is -0.147. The van der Waals surface area contributed by atoms with Gasteiger partial charge in [0.05, 0.1) is 12.0 Å². The highest BCUT2D eigenvalue weighted by atomic mass is 32.2. The van der Waals surface area contributed by atoms with Gasteiger partial charge in [-0.2, -0.15) is 0 Å². The summed E-state index contributed by atoms with van der Waals surface area (Å²) >= 11 is 1.60. The predicted molar refractivity (Wildman–Crippen MR) is 139 cm³/mol. The molecule has 0 heterocycles. The maximum absolute atomic E-state index is 14.0. The number of aliphatic hydroxyl groups is 1. The van der Waals surface area contributed by atoms with E-state index in [1.54, 1.807) is 11.8 Å². The molecule has 34 heavy (non-hydrogen) atoms. The van der Waals surface area contributed by atoms with Crippen LogP contribution in [0.5, 0.6) is 0 Å². The molecule has 3 nitrogen and oxygen atoms in total. The van der Waals surface area contributed by atoms with E-state index in [1.807, 2.05) is 126 Å². The highest BCUT2D eigenvalue weighted by Gasteiger charge is 2.32. The molecule has 0 aromatic heterocycles. The minimum Gasteiger partial charge on any atom is -0.388 e. The lowest BCUT2D eigenvalue weighted by Gasteiger charge is -2.30. The highest BCUT2D eigenvalue weighted by molar-refractivity contribution is 7.99. The second kappa shape index (κ2) is 12.2. The van der Waals surface area contributed by atoms with E-state index in [0.29, 0.717) is 18.8 Å². The molecule has 172 valence electrons. The standard InChI is InChI=1S/C30H29NO2S/c32-29(26-17-9-3-10-18-26)28(23-34-27-19-11-4-12-20-27)30(33)31(21-24-13-5-1-6-14-24)22-25-15-7-2-8-16-25/h1-20,28-29,32H,21-23H2/t28-,29+/m0/s1. The van der Waals surface area contributed by atoms with Gasteiger partial charge in [-0.1, -0.05) is 109 Å². The van der Waals surface area contributed by atoms with Crippen molar-refractivity contribution in [1.29, 1.82) is 0 Å². The number of nitrogens with zero attached hydrogens (tertiary/aromatic N) is 1. The number of thioether (sulfide) groups is 1. The van der Waals surface area contributed by atoms with E-state index in [2.05, 4.69) is 0 Å². The molecule has 0 saturated heterocycles. The topological polar surface area (TPSA) is 40.5 Å². The number of carbonyl (C=O) groups is 1. The van der Waals surface area contributed by atoms with E-state index in [1.165, 1.54) is 0 Å². The van der Waals surface area contributed by atoms with Gasteiger partial charge in [-0.3, -0.25) is 4.79 Å². The van der Waals surface area contributed by atoms with Gasteiger partial charge in [-0.15, -0.1) is 11.8 Å². The summed E-state index contributed by atoms with van der Waals surface area (Å²) in [5, 5.41) is 11.3. The van der Waals surface area contributed by atoms with Crippen molar-refractivity contribution in [2.45, 2.75) is 24.1 Å². The maximum Gasteiger partial charge on any atom is 0.230 e. The van der Waals surface area contributed by atoms with Crippen LogP contribution in [0.15, 0.2) is 126 Å². The van der Waals surface area contributed by atoms with Gasteiger partial charge in [0.2, 0.25) is 5.91 Å². The molecule has 4 aromatic carbocycles. The van der Waals surface area contributed by atoms with Crippen LogP contribution in [0.3, 0.4) is 0 Å². The minimum atomic E-state index is -0.890. The SMILES string of the molecule is O=C([C@@H](CSc1ccccc1)[C@H](O)c1ccccc1)N(Cc1ccccc1)Cc1ccccc1. The van der Waals surface area contributed by atoms with Gasteiger partial charge in [0.15, 0.2) is 0 Å². The van der Waals surface area contributed by atoms with E-state index in [4.69, 9.17) is 0 Å². The fourth-order valence-corrected chi connectivity index (χ4v) is 4.98. The normalized spacial score (nSPS) is 12.6. The van der Waals surface area contributed by atoms with Gasteiger partial charge in [0, 0.05) is 23.7 Å². The Balaban J connectivity index is 1.62. The Morgan fingerprint density at radius 1 is 0.676 bits per heavy atom. The number of rotatable bonds is 10. The summed E-state index contributed by atoms with van der Waals surface area (Å²) in [6, 6.07) is 39.6. The lowest BCUT2D eigenvalue weighted by molar-refractivity contribution is -0.139. The Labute approximate surface area is 206 Å². The van der Waals surface area contributed by atoms with Crippen molar-refractivity contribution in [3.63, 3.8) is 0 Å². The van der Waals surface area contributed by atoms with Gasteiger partial charge < -0.3 is 10.0 Å². The first kappa shape index (κ1) is 23.8. The van der Waals surface area contributed by atoms with Crippen molar-refractivity contribution in [3.8, 4) is 0 Å². The lowest BCUT2D eigenvalue weighted by atomic mass is 9.95. The van der Waals surface area contributed by atoms with Crippen molar-refractivity contribution < 1.29 is 9.90 Å². The van der Waals surface area contributed by atoms with Crippen molar-refractivity contribution in [3.05, 3.63) is 138 Å². The zero-order valence-electron chi connectivity index (χ0n) is 19.0. The largest absolute Gasteiger partial charge is 0.388 e. The van der Waals surface area contributed by atoms with Crippen LogP contribution in [-0.4, -0.2) is 21.7 Å². The van der Waals surface area contributed by atoms with Gasteiger partial charge in [-0.25, -0.2) is 0 Å². The maximum atomic E-state index is 14.0. The van der Waals surface area contributed by atoms with Crippen LogP contribution in [0.4, 0.5) is 0 Å². The molecular formula is C30H29NO2S. The van der Waals surface area contributed by atoms with Gasteiger partial charge in [-0.05, 0) is 28.8 Å². The fourth-order valence-electron chi connectivity index (χ4n) is 3.94. The molecule has 0 bridgehead atoms. The number of amides is 1. The van der Waals surface area contributed by atoms with E-state index >= 15 is 0 Å². The Hall–Kier alpha value is -3.34. The van der Waals surface area contributed by atoms with Crippen LogP contribution >= 0.6 is 11.8 Å². The fraction of sp³-hybridized carbons (Fsp3) is 0.167. The molecule has 0 radical (unpaired) electrons. The number of hydrogen-bond donors (Lipinski definition) is 1. The molecule has 4 heteroatoms. The van der Waals surface area contributed by atoms with Crippen molar-refractivity contribution in [2.24, 2.45) is 5.92 Å². The van der Waals surface area contributed by atoms with Crippen LogP contribution in [0, 0.1) is 5.92 Å². The molecule has 0 saturated carbocycles. The highest BCUT2D eigenvalue weighted by Crippen LogP contribution is 2.31. The average Bonchev–Trinajstić information content (AvgIpc) is 2.90. The van der Waals surface area contributed by atoms with Crippen molar-refractivity contribution >= 4 is 17.7 Å². The molecule has 0 aliphatic heterocycles. The van der Waals surface area contributed by atoms with E-state index in [9.17, 15) is 9.90 Å². The van der Waals surface area contributed by atoms with E-state index in [-0.39, 0.29) is 5.91 Å². The molecule has 0 unspecified atom stereocenters. The Kier molecular flexibility index (Phi) is 8.55. The van der Waals surface area contributed by atoms with E-state index < -0.39 is 12.0 Å². The van der Waals surface area contributed by atoms with Crippen LogP contribution in [0.2, 0.25) is 0 Å². The number of carbonyl (C=O) groups excluding carboxylic acids is 1. The molecule has 0 fully saturated rings. The minimum absolute atomic E-state index is 0.0486. The Bertz CT molecular complexity index is 1100. The smallest absolute Gasteiger partial charge is 0.230 e. The van der Waals surface area contributed by atoms with Crippen LogP contribution in [0.25, 0.3) is 0 Å². The summed E-state index contributed by atoms with van der Waals surface area (Å²) in [4.78, 5) is 17.0. The third kappa shape index (κ3) is 6.60. The molecule has 4 aromatic rings. The zero-order chi connectivity index (χ0) is 23.6. The monoisotopic (exact) mass is 467 g/mol. The van der Waals surface area contributed by atoms with Crippen LogP contribution in [0.1, 0.15) is 22.8 Å². The predicted octanol–water partition coefficient (Wildman–Crippen LogP) is 6.36. The lowest BCUT2D eigenvalue weighted by Crippen LogP contribution is -2.39. The molecule has 0 aliphatic rings. The van der Waals surface area contributed by atoms with Gasteiger partial charge in [0.25, 0.3) is 0 Å². The summed E-state index contributed by atoms with van der Waals surface area (Å²) in [6.45, 7) is 0.977. The first-order valence-corrected chi connectivity index (χ1v) is 12.5. The van der Waals surface area contributed by atoms with Crippen LogP contribution < -0.4 is 0 Å². The molecule has 2 atom stereocenters. The number of benzene rings is 4. The summed E-state index contributed by atoms with van der Waals surface area (Å²) in [5.41, 5.74) is 2.89. The molecule has 0 aliphatic carbocycles. The second-order valence-electron chi connectivity index (χ2n) is 8.25. The quantitative estimate of drug-likeness (QED) is 0.276. The van der Waals surface area contributed by atoms with Crippen LogP contribution in [-0.2, 0) is 17.9 Å². The first-order valence-electron chi connectivity index (χ1n) is 11.5. The van der Waals surface area contributed by atoms with Crippen molar-refractivity contribution in [2.75, 3.05) is 5.75 Å². The first-order chi connectivity index (χ1) is 16.7. The molecule has 4 rings (SSSR count). The van der Waals surface area contributed by atoms with Crippen molar-refractivity contribution in [1.82, 2.24) is 4.90 Å². The Morgan fingerprint density at radius 3 is 1.62 bits per heavy atom. The van der Waals surface area contributed by atoms with Gasteiger partial charge in [0.1, 0.15) is 0 Å². The Morgan fingerprint density at radius 2 is 1.12 bits per heavy atom. The molecule has 1 amide bonds. The number of aliphatic hydroxyl groups excluding tert-OH is 1. The molecular weight excluding hydrogens is 438 g/mol. The number of hydrogen-bond acceptors (Lipinski definition) is 3. The summed E-state index contributed by atoms with van der Waals surface area (Å²) < 4.78 is 0. The average molecular weight is 468 g/mol. The third-order valence-corrected chi connectivity index (χ3v) is 6.89. The van der Waals surface area contributed by atoms with Gasteiger partial charge >= 0.3 is 0 Å². The summed E-state index contributed by atoms with van der Waals surface area (Å²) in [6.07, 6.45) is -0.890. The molecule has 0 spiro atoms. The second-order valence-corrected chi connectivity index (χ2v) is 9.34. The summed E-state index contributed by atoms with van der Waals surface area (Å²) in [7, 11) is 0. The van der Waals surface area contributed by atoms with E-state index in [0.717, 1.165) is 21.6 Å². The third-order valence-electron chi connectivity index (χ3n) is 5.76. The molecule has 1 N–H and O–H groups in total.